The van der Waals surface area contributed by atoms with Gasteiger partial charge in [-0.2, -0.15) is 0 Å². The Bertz CT molecular complexity index is 813. The fourth-order valence-corrected chi connectivity index (χ4v) is 4.84. The molecule has 8 heteroatoms. The van der Waals surface area contributed by atoms with Crippen LogP contribution < -0.4 is 15.0 Å². The Hall–Kier alpha value is -2.61. The molecule has 32 heavy (non-hydrogen) atoms. The zero-order valence-corrected chi connectivity index (χ0v) is 18.8. The molecule has 3 fully saturated rings. The number of anilines is 1. The van der Waals surface area contributed by atoms with Gasteiger partial charge in [-0.3, -0.25) is 14.4 Å². The van der Waals surface area contributed by atoms with E-state index >= 15 is 0 Å². The molecule has 3 amide bonds. The van der Waals surface area contributed by atoms with Gasteiger partial charge in [0, 0.05) is 57.4 Å². The van der Waals surface area contributed by atoms with Crippen LogP contribution in [0.15, 0.2) is 24.3 Å². The lowest BCUT2D eigenvalue weighted by Crippen LogP contribution is -2.46. The third kappa shape index (κ3) is 5.23. The summed E-state index contributed by atoms with van der Waals surface area (Å²) in [5.41, 5.74) is 0.783. The molecule has 0 bridgehead atoms. The maximum atomic E-state index is 13.0. The number of likely N-dealkylation sites (tertiary alicyclic amines) is 1. The number of hydrogen-bond donors (Lipinski definition) is 1. The number of nitrogens with one attached hydrogen (secondary N) is 1. The molecule has 0 radical (unpaired) electrons. The van der Waals surface area contributed by atoms with Crippen LogP contribution in [0, 0.1) is 17.8 Å². The Morgan fingerprint density at radius 3 is 2.41 bits per heavy atom. The van der Waals surface area contributed by atoms with E-state index in [1.54, 1.807) is 12.0 Å². The molecule has 1 aromatic carbocycles. The molecule has 1 aromatic rings. The summed E-state index contributed by atoms with van der Waals surface area (Å²) in [6.07, 6.45) is 3.58. The van der Waals surface area contributed by atoms with Crippen LogP contribution in [0.4, 0.5) is 5.69 Å². The number of nitrogens with zero attached hydrogens (tertiary/aromatic N) is 2. The Morgan fingerprint density at radius 2 is 1.75 bits per heavy atom. The fraction of sp³-hybridized carbons (Fsp3) is 0.625. The monoisotopic (exact) mass is 443 g/mol. The van der Waals surface area contributed by atoms with Gasteiger partial charge in [0.25, 0.3) is 0 Å². The fourth-order valence-electron chi connectivity index (χ4n) is 4.84. The van der Waals surface area contributed by atoms with E-state index in [2.05, 4.69) is 5.32 Å². The van der Waals surface area contributed by atoms with Crippen LogP contribution in [-0.4, -0.2) is 69.1 Å². The average Bonchev–Trinajstić information content (AvgIpc) is 3.24. The van der Waals surface area contributed by atoms with Gasteiger partial charge in [0.05, 0.1) is 13.0 Å². The number of carbonyl (C=O) groups is 3. The van der Waals surface area contributed by atoms with Crippen LogP contribution in [0.3, 0.4) is 0 Å². The second kappa shape index (κ2) is 10.3. The lowest BCUT2D eigenvalue weighted by molar-refractivity contribution is -0.139. The third-order valence-corrected chi connectivity index (χ3v) is 6.94. The number of ether oxygens (including phenoxy) is 2. The number of benzene rings is 1. The zero-order valence-electron chi connectivity index (χ0n) is 18.8. The first-order chi connectivity index (χ1) is 15.5. The summed E-state index contributed by atoms with van der Waals surface area (Å²) in [6, 6.07) is 7.31. The Morgan fingerprint density at radius 1 is 1.06 bits per heavy atom. The van der Waals surface area contributed by atoms with Gasteiger partial charge >= 0.3 is 0 Å². The molecule has 3 aliphatic rings. The molecule has 0 saturated carbocycles. The van der Waals surface area contributed by atoms with E-state index in [0.29, 0.717) is 44.9 Å². The van der Waals surface area contributed by atoms with Crippen molar-refractivity contribution >= 4 is 23.4 Å². The van der Waals surface area contributed by atoms with Gasteiger partial charge in [0.2, 0.25) is 17.7 Å². The van der Waals surface area contributed by atoms with Crippen LogP contribution in [0.5, 0.6) is 5.75 Å². The topological polar surface area (TPSA) is 88.2 Å². The van der Waals surface area contributed by atoms with E-state index in [1.807, 2.05) is 29.2 Å². The first-order valence-electron chi connectivity index (χ1n) is 11.6. The highest BCUT2D eigenvalue weighted by molar-refractivity contribution is 6.00. The average molecular weight is 444 g/mol. The van der Waals surface area contributed by atoms with E-state index in [0.717, 1.165) is 37.5 Å². The third-order valence-electron chi connectivity index (χ3n) is 6.94. The normalized spacial score (nSPS) is 22.8. The predicted molar refractivity (Wildman–Crippen MR) is 119 cm³/mol. The molecular formula is C24H33N3O5. The van der Waals surface area contributed by atoms with Gasteiger partial charge in [-0.15, -0.1) is 0 Å². The van der Waals surface area contributed by atoms with Crippen LogP contribution in [0.2, 0.25) is 0 Å². The molecule has 3 aliphatic heterocycles. The van der Waals surface area contributed by atoms with Gasteiger partial charge in [-0.25, -0.2) is 0 Å². The molecule has 174 valence electrons. The van der Waals surface area contributed by atoms with Crippen molar-refractivity contribution in [3.63, 3.8) is 0 Å². The highest BCUT2D eigenvalue weighted by Gasteiger charge is 2.38. The molecule has 1 unspecified atom stereocenters. The highest BCUT2D eigenvalue weighted by atomic mass is 16.5. The smallest absolute Gasteiger partial charge is 0.228 e. The van der Waals surface area contributed by atoms with Crippen molar-refractivity contribution < 1.29 is 23.9 Å². The van der Waals surface area contributed by atoms with Gasteiger partial charge < -0.3 is 24.6 Å². The molecule has 0 spiro atoms. The quantitative estimate of drug-likeness (QED) is 0.725. The van der Waals surface area contributed by atoms with E-state index < -0.39 is 0 Å². The summed E-state index contributed by atoms with van der Waals surface area (Å²) in [6.45, 7) is 3.81. The standard InChI is InChI=1S/C24H33N3O5/c1-31-21-4-2-20(3-5-21)27-16-19(14-22(27)28)24(30)26-10-6-18(7-11-26)23(29)25-15-17-8-12-32-13-9-17/h2-5,17-19H,6-16H2,1H3,(H,25,29). The van der Waals surface area contributed by atoms with Crippen molar-refractivity contribution in [3.8, 4) is 5.75 Å². The number of carbonyl (C=O) groups excluding carboxylic acids is 3. The zero-order chi connectivity index (χ0) is 22.5. The maximum Gasteiger partial charge on any atom is 0.228 e. The molecule has 0 aliphatic carbocycles. The van der Waals surface area contributed by atoms with Gasteiger partial charge in [-0.1, -0.05) is 0 Å². The molecule has 1 atom stereocenters. The van der Waals surface area contributed by atoms with E-state index in [4.69, 9.17) is 9.47 Å². The molecule has 3 heterocycles. The van der Waals surface area contributed by atoms with E-state index in [1.165, 1.54) is 0 Å². The van der Waals surface area contributed by atoms with Crippen LogP contribution >= 0.6 is 0 Å². The number of rotatable bonds is 6. The molecular weight excluding hydrogens is 410 g/mol. The van der Waals surface area contributed by atoms with Crippen molar-refractivity contribution in [1.82, 2.24) is 10.2 Å². The SMILES string of the molecule is COc1ccc(N2CC(C(=O)N3CCC(C(=O)NCC4CCOCC4)CC3)CC2=O)cc1. The highest BCUT2D eigenvalue weighted by Crippen LogP contribution is 2.29. The predicted octanol–water partition coefficient (Wildman–Crippen LogP) is 1.83. The van der Waals surface area contributed by atoms with Gasteiger partial charge in [0.1, 0.15) is 5.75 Å². The lowest BCUT2D eigenvalue weighted by atomic mass is 9.94. The first kappa shape index (κ1) is 22.6. The summed E-state index contributed by atoms with van der Waals surface area (Å²) in [5.74, 6) is 0.954. The molecule has 8 nitrogen and oxygen atoms in total. The number of hydrogen-bond acceptors (Lipinski definition) is 5. The van der Waals surface area contributed by atoms with Crippen molar-refractivity contribution in [2.45, 2.75) is 32.1 Å². The van der Waals surface area contributed by atoms with Crippen molar-refractivity contribution in [2.24, 2.45) is 17.8 Å². The Balaban J connectivity index is 1.24. The van der Waals surface area contributed by atoms with E-state index in [9.17, 15) is 14.4 Å². The van der Waals surface area contributed by atoms with Gasteiger partial charge in [0.15, 0.2) is 0 Å². The van der Waals surface area contributed by atoms with Crippen LogP contribution in [-0.2, 0) is 19.1 Å². The number of amides is 3. The minimum absolute atomic E-state index is 0.0235. The first-order valence-corrected chi connectivity index (χ1v) is 11.6. The van der Waals surface area contributed by atoms with Crippen molar-refractivity contribution in [1.29, 1.82) is 0 Å². The minimum Gasteiger partial charge on any atom is -0.497 e. The molecule has 4 rings (SSSR count). The maximum absolute atomic E-state index is 13.0. The second-order valence-electron chi connectivity index (χ2n) is 9.00. The lowest BCUT2D eigenvalue weighted by Gasteiger charge is -2.33. The molecule has 0 aromatic heterocycles. The Labute approximate surface area is 189 Å². The Kier molecular flexibility index (Phi) is 7.29. The summed E-state index contributed by atoms with van der Waals surface area (Å²) < 4.78 is 10.5. The number of piperidine rings is 1. The summed E-state index contributed by atoms with van der Waals surface area (Å²) in [7, 11) is 1.60. The van der Waals surface area contributed by atoms with Crippen molar-refractivity contribution in [3.05, 3.63) is 24.3 Å². The van der Waals surface area contributed by atoms with Crippen LogP contribution in [0.1, 0.15) is 32.1 Å². The molecule has 1 N–H and O–H groups in total. The van der Waals surface area contributed by atoms with Crippen molar-refractivity contribution in [2.75, 3.05) is 51.4 Å². The summed E-state index contributed by atoms with van der Waals surface area (Å²) in [4.78, 5) is 41.6. The molecule has 3 saturated heterocycles. The van der Waals surface area contributed by atoms with Gasteiger partial charge in [-0.05, 0) is 55.9 Å². The summed E-state index contributed by atoms with van der Waals surface area (Å²) in [5, 5.41) is 3.10. The van der Waals surface area contributed by atoms with E-state index in [-0.39, 0.29) is 36.0 Å². The van der Waals surface area contributed by atoms with Crippen LogP contribution in [0.25, 0.3) is 0 Å². The number of methoxy groups -OCH3 is 1. The summed E-state index contributed by atoms with van der Waals surface area (Å²) >= 11 is 0. The largest absolute Gasteiger partial charge is 0.497 e. The minimum atomic E-state index is -0.330. The second-order valence-corrected chi connectivity index (χ2v) is 9.00.